The minimum absolute atomic E-state index is 0. The Hall–Kier alpha value is -1.13. The number of rotatable bonds is 3. The van der Waals surface area contributed by atoms with Crippen molar-refractivity contribution in [3.8, 4) is 0 Å². The van der Waals surface area contributed by atoms with Crippen LogP contribution in [0.4, 0.5) is 4.39 Å². The lowest BCUT2D eigenvalue weighted by Crippen LogP contribution is -2.35. The average molecular weight is 262 g/mol. The maximum Gasteiger partial charge on any atom is 0.305 e. The Balaban J connectivity index is 0.00000256. The van der Waals surface area contributed by atoms with Crippen LogP contribution in [-0.4, -0.2) is 11.1 Å². The quantitative estimate of drug-likeness (QED) is 0.879. The Morgan fingerprint density at radius 3 is 2.18 bits per heavy atom. The maximum absolute atomic E-state index is 13.4. The van der Waals surface area contributed by atoms with E-state index in [1.807, 2.05) is 0 Å². The lowest BCUT2D eigenvalue weighted by Gasteiger charge is -2.24. The van der Waals surface area contributed by atoms with E-state index in [-0.39, 0.29) is 24.6 Å². The van der Waals surface area contributed by atoms with Crippen LogP contribution >= 0.6 is 12.4 Å². The largest absolute Gasteiger partial charge is 0.481 e. The van der Waals surface area contributed by atoms with E-state index in [9.17, 15) is 9.18 Å². The Bertz CT molecular complexity index is 410. The second kappa shape index (κ2) is 5.47. The van der Waals surface area contributed by atoms with Gasteiger partial charge in [0.25, 0.3) is 0 Å². The summed E-state index contributed by atoms with van der Waals surface area (Å²) in [6.07, 6.45) is -0.183. The molecule has 1 unspecified atom stereocenters. The van der Waals surface area contributed by atoms with Crippen LogP contribution in [0.3, 0.4) is 0 Å². The highest BCUT2D eigenvalue weighted by Crippen LogP contribution is 2.25. The van der Waals surface area contributed by atoms with Crippen molar-refractivity contribution in [1.29, 1.82) is 0 Å². The van der Waals surface area contributed by atoms with Gasteiger partial charge in [-0.05, 0) is 37.5 Å². The third-order valence-corrected chi connectivity index (χ3v) is 2.61. The molecule has 0 spiro atoms. The van der Waals surface area contributed by atoms with Crippen molar-refractivity contribution in [2.24, 2.45) is 5.73 Å². The summed E-state index contributed by atoms with van der Waals surface area (Å²) in [4.78, 5) is 10.7. The Labute approximate surface area is 106 Å². The van der Waals surface area contributed by atoms with Crippen LogP contribution in [0.1, 0.15) is 30.0 Å². The highest BCUT2D eigenvalue weighted by Gasteiger charge is 2.25. The van der Waals surface area contributed by atoms with Gasteiger partial charge in [0.2, 0.25) is 0 Å². The molecule has 0 heterocycles. The number of hydrogen-bond donors (Lipinski definition) is 2. The summed E-state index contributed by atoms with van der Waals surface area (Å²) in [6, 6.07) is 3.20. The average Bonchev–Trinajstić information content (AvgIpc) is 2.11. The molecule has 17 heavy (non-hydrogen) atoms. The van der Waals surface area contributed by atoms with Gasteiger partial charge in [-0.3, -0.25) is 4.79 Å². The molecule has 3 nitrogen and oxygen atoms in total. The summed E-state index contributed by atoms with van der Waals surface area (Å²) in [6.45, 7) is 4.92. The molecule has 0 aromatic heterocycles. The summed E-state index contributed by atoms with van der Waals surface area (Å²) in [5.74, 6) is -1.24. The molecule has 0 saturated heterocycles. The van der Waals surface area contributed by atoms with Crippen LogP contribution in [0.25, 0.3) is 0 Å². The maximum atomic E-state index is 13.4. The molecule has 5 heteroatoms. The molecule has 96 valence electrons. The number of aryl methyl sites for hydroxylation is 2. The fraction of sp³-hybridized carbons (Fsp3) is 0.417. The van der Waals surface area contributed by atoms with E-state index in [1.165, 1.54) is 0 Å². The monoisotopic (exact) mass is 261 g/mol. The summed E-state index contributed by atoms with van der Waals surface area (Å²) < 4.78 is 13.4. The van der Waals surface area contributed by atoms with Gasteiger partial charge in [0, 0.05) is 5.54 Å². The number of carboxylic acids is 1. The molecular formula is C12H17ClFNO2. The van der Waals surface area contributed by atoms with Crippen molar-refractivity contribution >= 4 is 18.4 Å². The minimum atomic E-state index is -0.977. The van der Waals surface area contributed by atoms with E-state index >= 15 is 0 Å². The SMILES string of the molecule is Cc1cc(C(C)(N)CC(=O)O)cc(C)c1F.Cl. The number of nitrogens with two attached hydrogens (primary N) is 1. The van der Waals surface area contributed by atoms with E-state index in [0.29, 0.717) is 16.7 Å². The molecule has 1 aromatic rings. The van der Waals surface area contributed by atoms with Crippen molar-refractivity contribution in [3.05, 3.63) is 34.6 Å². The molecular weight excluding hydrogens is 245 g/mol. The number of benzene rings is 1. The predicted octanol–water partition coefficient (Wildman–Crippen LogP) is 2.51. The van der Waals surface area contributed by atoms with Crippen LogP contribution in [0.5, 0.6) is 0 Å². The van der Waals surface area contributed by atoms with E-state index in [4.69, 9.17) is 10.8 Å². The zero-order valence-electron chi connectivity index (χ0n) is 10.1. The number of aliphatic carboxylic acids is 1. The molecule has 0 aliphatic rings. The smallest absolute Gasteiger partial charge is 0.305 e. The molecule has 0 aliphatic heterocycles. The van der Waals surface area contributed by atoms with Gasteiger partial charge in [-0.15, -0.1) is 12.4 Å². The van der Waals surface area contributed by atoms with Gasteiger partial charge in [0.15, 0.2) is 0 Å². The van der Waals surface area contributed by atoms with Crippen LogP contribution in [0.15, 0.2) is 12.1 Å². The zero-order chi connectivity index (χ0) is 12.5. The first kappa shape index (κ1) is 15.9. The van der Waals surface area contributed by atoms with Crippen LogP contribution in [-0.2, 0) is 10.3 Å². The fourth-order valence-electron chi connectivity index (χ4n) is 1.69. The van der Waals surface area contributed by atoms with Crippen molar-refractivity contribution in [2.75, 3.05) is 0 Å². The van der Waals surface area contributed by atoms with Crippen LogP contribution < -0.4 is 5.73 Å². The second-order valence-electron chi connectivity index (χ2n) is 4.41. The van der Waals surface area contributed by atoms with E-state index < -0.39 is 11.5 Å². The van der Waals surface area contributed by atoms with E-state index in [0.717, 1.165) is 0 Å². The number of hydrogen-bond acceptors (Lipinski definition) is 2. The highest BCUT2D eigenvalue weighted by atomic mass is 35.5. The first-order valence-corrected chi connectivity index (χ1v) is 5.02. The van der Waals surface area contributed by atoms with Crippen molar-refractivity contribution < 1.29 is 14.3 Å². The topological polar surface area (TPSA) is 63.3 Å². The standard InChI is InChI=1S/C12H16FNO2.ClH/c1-7-4-9(5-8(2)11(7)13)12(3,14)6-10(15)16;/h4-5H,6,14H2,1-3H3,(H,15,16);1H. The molecule has 0 radical (unpaired) electrons. The highest BCUT2D eigenvalue weighted by molar-refractivity contribution is 5.85. The molecule has 0 bridgehead atoms. The molecule has 1 rings (SSSR count). The number of carboxylic acid groups (broad SMARTS) is 1. The van der Waals surface area contributed by atoms with Gasteiger partial charge in [0.05, 0.1) is 6.42 Å². The van der Waals surface area contributed by atoms with Crippen LogP contribution in [0.2, 0.25) is 0 Å². The van der Waals surface area contributed by atoms with Gasteiger partial charge in [-0.1, -0.05) is 12.1 Å². The number of halogens is 2. The van der Waals surface area contributed by atoms with Crippen molar-refractivity contribution in [2.45, 2.75) is 32.7 Å². The second-order valence-corrected chi connectivity index (χ2v) is 4.41. The molecule has 0 saturated carbocycles. The predicted molar refractivity (Wildman–Crippen MR) is 66.9 cm³/mol. The minimum Gasteiger partial charge on any atom is -0.481 e. The first-order valence-electron chi connectivity index (χ1n) is 5.02. The lowest BCUT2D eigenvalue weighted by atomic mass is 9.87. The van der Waals surface area contributed by atoms with E-state index in [2.05, 4.69) is 0 Å². The normalized spacial score (nSPS) is 13.7. The molecule has 3 N–H and O–H groups in total. The Morgan fingerprint density at radius 1 is 1.41 bits per heavy atom. The first-order chi connectivity index (χ1) is 7.24. The van der Waals surface area contributed by atoms with Crippen molar-refractivity contribution in [1.82, 2.24) is 0 Å². The molecule has 1 atom stereocenters. The number of carbonyl (C=O) groups is 1. The van der Waals surface area contributed by atoms with Gasteiger partial charge in [0.1, 0.15) is 5.82 Å². The van der Waals surface area contributed by atoms with Gasteiger partial charge in [-0.25, -0.2) is 4.39 Å². The summed E-state index contributed by atoms with van der Waals surface area (Å²) in [5, 5.41) is 8.75. The van der Waals surface area contributed by atoms with E-state index in [1.54, 1.807) is 32.9 Å². The molecule has 0 fully saturated rings. The third kappa shape index (κ3) is 3.68. The summed E-state index contributed by atoms with van der Waals surface area (Å²) in [7, 11) is 0. The van der Waals surface area contributed by atoms with Gasteiger partial charge >= 0.3 is 5.97 Å². The fourth-order valence-corrected chi connectivity index (χ4v) is 1.69. The van der Waals surface area contributed by atoms with Crippen LogP contribution in [0, 0.1) is 19.7 Å². The van der Waals surface area contributed by atoms with Crippen molar-refractivity contribution in [3.63, 3.8) is 0 Å². The third-order valence-electron chi connectivity index (χ3n) is 2.61. The van der Waals surface area contributed by atoms with Gasteiger partial charge in [-0.2, -0.15) is 0 Å². The Morgan fingerprint density at radius 2 is 1.82 bits per heavy atom. The molecule has 0 aliphatic carbocycles. The molecule has 0 amide bonds. The molecule has 1 aromatic carbocycles. The summed E-state index contributed by atoms with van der Waals surface area (Å²) >= 11 is 0. The lowest BCUT2D eigenvalue weighted by molar-refractivity contribution is -0.138. The van der Waals surface area contributed by atoms with Gasteiger partial charge < -0.3 is 10.8 Å². The Kier molecular flexibility index (Phi) is 5.11. The summed E-state index contributed by atoms with van der Waals surface area (Å²) in [5.41, 5.74) is 6.56. The zero-order valence-corrected chi connectivity index (χ0v) is 10.9.